The van der Waals surface area contributed by atoms with Crippen molar-refractivity contribution in [2.75, 3.05) is 7.11 Å². The number of nitrogens with zero attached hydrogens (tertiary/aromatic N) is 1. The monoisotopic (exact) mass is 281 g/mol. The van der Waals surface area contributed by atoms with E-state index in [9.17, 15) is 4.79 Å². The fourth-order valence-electron chi connectivity index (χ4n) is 2.85. The molecule has 1 aromatic heterocycles. The third-order valence-corrected chi connectivity index (χ3v) is 3.93. The number of unbranched alkanes of at least 4 members (excludes halogenated alkanes) is 1. The minimum absolute atomic E-state index is 0.288. The summed E-state index contributed by atoms with van der Waals surface area (Å²) in [6.45, 7) is 3.15. The van der Waals surface area contributed by atoms with Crippen molar-refractivity contribution in [1.29, 1.82) is 0 Å². The highest BCUT2D eigenvalue weighted by Gasteiger charge is 2.13. The summed E-state index contributed by atoms with van der Waals surface area (Å²) in [5, 5.41) is 2.43. The van der Waals surface area contributed by atoms with Crippen LogP contribution in [0.15, 0.2) is 42.5 Å². The molecule has 0 amide bonds. The summed E-state index contributed by atoms with van der Waals surface area (Å²) in [5.74, 6) is -0.288. The number of aromatic nitrogens is 1. The largest absolute Gasteiger partial charge is 0.465 e. The molecule has 0 saturated carbocycles. The van der Waals surface area contributed by atoms with Gasteiger partial charge < -0.3 is 9.30 Å². The lowest BCUT2D eigenvalue weighted by Crippen LogP contribution is -2.02. The highest BCUT2D eigenvalue weighted by Crippen LogP contribution is 2.30. The molecular weight excluding hydrogens is 262 g/mol. The molecule has 108 valence electrons. The molecule has 0 aliphatic heterocycles. The van der Waals surface area contributed by atoms with Gasteiger partial charge in [-0.2, -0.15) is 0 Å². The fourth-order valence-corrected chi connectivity index (χ4v) is 2.85. The summed E-state index contributed by atoms with van der Waals surface area (Å²) < 4.78 is 7.14. The normalized spacial score (nSPS) is 11.1. The van der Waals surface area contributed by atoms with Crippen LogP contribution in [0.25, 0.3) is 21.8 Å². The van der Waals surface area contributed by atoms with Gasteiger partial charge in [0.1, 0.15) is 0 Å². The molecule has 0 spiro atoms. The quantitative estimate of drug-likeness (QED) is 0.664. The van der Waals surface area contributed by atoms with Crippen LogP contribution in [0, 0.1) is 0 Å². The van der Waals surface area contributed by atoms with E-state index < -0.39 is 0 Å². The number of rotatable bonds is 4. The van der Waals surface area contributed by atoms with Crippen molar-refractivity contribution in [3.63, 3.8) is 0 Å². The molecule has 0 saturated heterocycles. The van der Waals surface area contributed by atoms with E-state index in [4.69, 9.17) is 4.74 Å². The summed E-state index contributed by atoms with van der Waals surface area (Å²) >= 11 is 0. The van der Waals surface area contributed by atoms with Gasteiger partial charge in [-0.05, 0) is 24.6 Å². The second-order valence-corrected chi connectivity index (χ2v) is 5.25. The first kappa shape index (κ1) is 13.7. The van der Waals surface area contributed by atoms with E-state index in [2.05, 4.69) is 35.8 Å². The van der Waals surface area contributed by atoms with E-state index in [0.29, 0.717) is 5.56 Å². The fraction of sp³-hybridized carbons (Fsp3) is 0.278. The molecule has 3 nitrogen and oxygen atoms in total. The van der Waals surface area contributed by atoms with Crippen LogP contribution in [-0.4, -0.2) is 17.6 Å². The Hall–Kier alpha value is -2.29. The standard InChI is InChI=1S/C18H19NO2/c1-3-4-11-19-16-8-6-5-7-14(16)15-10-9-13(12-17(15)19)18(20)21-2/h5-10,12H,3-4,11H2,1-2H3. The first-order chi connectivity index (χ1) is 10.3. The van der Waals surface area contributed by atoms with Crippen LogP contribution in [0.5, 0.6) is 0 Å². The number of aryl methyl sites for hydroxylation is 1. The zero-order valence-corrected chi connectivity index (χ0v) is 12.4. The third kappa shape index (κ3) is 2.29. The predicted molar refractivity (Wildman–Crippen MR) is 85.7 cm³/mol. The zero-order valence-electron chi connectivity index (χ0n) is 12.4. The number of carbonyl (C=O) groups is 1. The zero-order chi connectivity index (χ0) is 14.8. The Morgan fingerprint density at radius 2 is 1.86 bits per heavy atom. The molecule has 1 heterocycles. The van der Waals surface area contributed by atoms with Crippen molar-refractivity contribution in [3.05, 3.63) is 48.0 Å². The van der Waals surface area contributed by atoms with Gasteiger partial charge in [-0.15, -0.1) is 0 Å². The van der Waals surface area contributed by atoms with Crippen molar-refractivity contribution in [1.82, 2.24) is 4.57 Å². The number of para-hydroxylation sites is 1. The Kier molecular flexibility index (Phi) is 3.65. The Labute approximate surface area is 124 Å². The lowest BCUT2D eigenvalue weighted by atomic mass is 10.1. The summed E-state index contributed by atoms with van der Waals surface area (Å²) in [5.41, 5.74) is 2.93. The molecule has 0 radical (unpaired) electrons. The summed E-state index contributed by atoms with van der Waals surface area (Å²) in [6, 6.07) is 14.2. The number of methoxy groups -OCH3 is 1. The van der Waals surface area contributed by atoms with E-state index in [1.165, 1.54) is 23.4 Å². The van der Waals surface area contributed by atoms with E-state index in [0.717, 1.165) is 24.9 Å². The molecule has 0 aliphatic carbocycles. The topological polar surface area (TPSA) is 31.2 Å². The predicted octanol–water partition coefficient (Wildman–Crippen LogP) is 4.38. The molecule has 0 bridgehead atoms. The van der Waals surface area contributed by atoms with Gasteiger partial charge in [0, 0.05) is 28.4 Å². The van der Waals surface area contributed by atoms with Crippen molar-refractivity contribution in [2.24, 2.45) is 0 Å². The number of hydrogen-bond donors (Lipinski definition) is 0. The van der Waals surface area contributed by atoms with E-state index in [-0.39, 0.29) is 5.97 Å². The minimum atomic E-state index is -0.288. The van der Waals surface area contributed by atoms with Crippen molar-refractivity contribution in [2.45, 2.75) is 26.3 Å². The van der Waals surface area contributed by atoms with Gasteiger partial charge >= 0.3 is 5.97 Å². The summed E-state index contributed by atoms with van der Waals surface area (Å²) in [7, 11) is 1.42. The average molecular weight is 281 g/mol. The van der Waals surface area contributed by atoms with E-state index >= 15 is 0 Å². The van der Waals surface area contributed by atoms with E-state index in [1.54, 1.807) is 0 Å². The minimum Gasteiger partial charge on any atom is -0.465 e. The van der Waals surface area contributed by atoms with Crippen LogP contribution in [-0.2, 0) is 11.3 Å². The Bertz CT molecular complexity index is 801. The van der Waals surface area contributed by atoms with Gasteiger partial charge in [0.05, 0.1) is 12.7 Å². The highest BCUT2D eigenvalue weighted by molar-refractivity contribution is 6.09. The lowest BCUT2D eigenvalue weighted by Gasteiger charge is -2.07. The van der Waals surface area contributed by atoms with Gasteiger partial charge in [0.15, 0.2) is 0 Å². The van der Waals surface area contributed by atoms with Gasteiger partial charge in [0.25, 0.3) is 0 Å². The Morgan fingerprint density at radius 3 is 2.62 bits per heavy atom. The van der Waals surface area contributed by atoms with Gasteiger partial charge in [-0.3, -0.25) is 0 Å². The molecule has 0 fully saturated rings. The molecule has 3 heteroatoms. The Balaban J connectivity index is 2.28. The van der Waals surface area contributed by atoms with Gasteiger partial charge in [-0.25, -0.2) is 4.79 Å². The molecular formula is C18H19NO2. The number of benzene rings is 2. The number of esters is 1. The van der Waals surface area contributed by atoms with Crippen molar-refractivity contribution >= 4 is 27.8 Å². The van der Waals surface area contributed by atoms with Crippen molar-refractivity contribution in [3.8, 4) is 0 Å². The van der Waals surface area contributed by atoms with E-state index in [1.807, 2.05) is 18.2 Å². The van der Waals surface area contributed by atoms with Crippen LogP contribution in [0.1, 0.15) is 30.1 Å². The first-order valence-electron chi connectivity index (χ1n) is 7.35. The molecule has 0 N–H and O–H groups in total. The lowest BCUT2D eigenvalue weighted by molar-refractivity contribution is 0.0601. The third-order valence-electron chi connectivity index (χ3n) is 3.93. The van der Waals surface area contributed by atoms with Crippen LogP contribution >= 0.6 is 0 Å². The maximum absolute atomic E-state index is 11.8. The number of ether oxygens (including phenoxy) is 1. The molecule has 0 atom stereocenters. The number of carbonyl (C=O) groups excluding carboxylic acids is 1. The van der Waals surface area contributed by atoms with Crippen LogP contribution in [0.4, 0.5) is 0 Å². The smallest absolute Gasteiger partial charge is 0.337 e. The first-order valence-corrected chi connectivity index (χ1v) is 7.35. The maximum Gasteiger partial charge on any atom is 0.337 e. The second kappa shape index (κ2) is 5.60. The number of fused-ring (bicyclic) bond motifs is 3. The highest BCUT2D eigenvalue weighted by atomic mass is 16.5. The molecule has 3 aromatic rings. The number of hydrogen-bond acceptors (Lipinski definition) is 2. The van der Waals surface area contributed by atoms with Gasteiger partial charge in [0.2, 0.25) is 0 Å². The molecule has 21 heavy (non-hydrogen) atoms. The van der Waals surface area contributed by atoms with Gasteiger partial charge in [-0.1, -0.05) is 37.6 Å². The van der Waals surface area contributed by atoms with Crippen molar-refractivity contribution < 1.29 is 9.53 Å². The second-order valence-electron chi connectivity index (χ2n) is 5.25. The van der Waals surface area contributed by atoms with Crippen LogP contribution in [0.2, 0.25) is 0 Å². The summed E-state index contributed by atoms with van der Waals surface area (Å²) in [4.78, 5) is 11.8. The summed E-state index contributed by atoms with van der Waals surface area (Å²) in [6.07, 6.45) is 2.26. The molecule has 0 aliphatic rings. The van der Waals surface area contributed by atoms with Crippen LogP contribution in [0.3, 0.4) is 0 Å². The average Bonchev–Trinajstić information content (AvgIpc) is 2.85. The molecule has 3 rings (SSSR count). The molecule has 2 aromatic carbocycles. The maximum atomic E-state index is 11.8. The Morgan fingerprint density at radius 1 is 1.10 bits per heavy atom. The van der Waals surface area contributed by atoms with Crippen LogP contribution < -0.4 is 0 Å². The molecule has 0 unspecified atom stereocenters. The SMILES string of the molecule is CCCCn1c2ccccc2c2ccc(C(=O)OC)cc21.